The molecule has 0 spiro atoms. The number of anilines is 1. The van der Waals surface area contributed by atoms with Gasteiger partial charge in [-0.05, 0) is 43.6 Å². The minimum atomic E-state index is -3.52. The van der Waals surface area contributed by atoms with Crippen molar-refractivity contribution in [1.82, 2.24) is 9.71 Å². The van der Waals surface area contributed by atoms with Crippen molar-refractivity contribution in [3.05, 3.63) is 24.4 Å². The molecule has 0 fully saturated rings. The summed E-state index contributed by atoms with van der Waals surface area (Å²) < 4.78 is 27.5. The summed E-state index contributed by atoms with van der Waals surface area (Å²) in [5.74, 6) is 0.925. The van der Waals surface area contributed by atoms with Crippen LogP contribution in [0.5, 0.6) is 0 Å². The van der Waals surface area contributed by atoms with Crippen LogP contribution in [0.15, 0.2) is 29.3 Å². The number of benzene rings is 1. The van der Waals surface area contributed by atoms with Crippen LogP contribution in [0.4, 0.5) is 5.69 Å². The van der Waals surface area contributed by atoms with Crippen LogP contribution in [-0.4, -0.2) is 31.5 Å². The third-order valence-corrected chi connectivity index (χ3v) is 5.34. The lowest BCUT2D eigenvalue weighted by Crippen LogP contribution is -2.32. The quantitative estimate of drug-likeness (QED) is 0.713. The zero-order chi connectivity index (χ0) is 14.8. The zero-order valence-corrected chi connectivity index (χ0v) is 13.1. The van der Waals surface area contributed by atoms with Gasteiger partial charge in [0, 0.05) is 28.8 Å². The van der Waals surface area contributed by atoms with Gasteiger partial charge < -0.3 is 10.7 Å². The van der Waals surface area contributed by atoms with E-state index in [2.05, 4.69) is 9.71 Å². The van der Waals surface area contributed by atoms with Gasteiger partial charge in [0.2, 0.25) is 10.0 Å². The number of hydrogen-bond donors (Lipinski definition) is 3. The molecule has 20 heavy (non-hydrogen) atoms. The topological polar surface area (TPSA) is 88.0 Å². The fraction of sp³-hybridized carbons (Fsp3) is 0.385. The van der Waals surface area contributed by atoms with Crippen molar-refractivity contribution in [2.75, 3.05) is 17.7 Å². The summed E-state index contributed by atoms with van der Waals surface area (Å²) in [6.45, 7) is 1.88. The van der Waals surface area contributed by atoms with E-state index in [9.17, 15) is 8.42 Å². The Labute approximate surface area is 123 Å². The molecule has 0 radical (unpaired) electrons. The maximum absolute atomic E-state index is 12.4. The molecule has 2 rings (SSSR count). The van der Waals surface area contributed by atoms with Crippen molar-refractivity contribution in [2.24, 2.45) is 0 Å². The molecule has 4 N–H and O–H groups in total. The fourth-order valence-electron chi connectivity index (χ4n) is 2.02. The third-order valence-electron chi connectivity index (χ3n) is 3.07. The van der Waals surface area contributed by atoms with Crippen LogP contribution >= 0.6 is 11.8 Å². The van der Waals surface area contributed by atoms with Crippen LogP contribution in [-0.2, 0) is 10.0 Å². The molecule has 1 unspecified atom stereocenters. The number of nitrogens with one attached hydrogen (secondary N) is 2. The van der Waals surface area contributed by atoms with Gasteiger partial charge in [-0.1, -0.05) is 0 Å². The van der Waals surface area contributed by atoms with E-state index in [1.54, 1.807) is 30.0 Å². The zero-order valence-electron chi connectivity index (χ0n) is 11.5. The summed E-state index contributed by atoms with van der Waals surface area (Å²) in [4.78, 5) is 3.22. The molecule has 0 aliphatic heterocycles. The first-order chi connectivity index (χ1) is 9.44. The van der Waals surface area contributed by atoms with Crippen LogP contribution < -0.4 is 10.5 Å². The molecule has 0 bridgehead atoms. The molecule has 0 saturated carbocycles. The highest BCUT2D eigenvalue weighted by Crippen LogP contribution is 2.24. The predicted octanol–water partition coefficient (Wildman–Crippen LogP) is 2.17. The molecule has 1 aromatic heterocycles. The minimum Gasteiger partial charge on any atom is -0.399 e. The van der Waals surface area contributed by atoms with E-state index in [4.69, 9.17) is 5.73 Å². The average Bonchev–Trinajstić information content (AvgIpc) is 2.79. The number of sulfonamides is 1. The summed E-state index contributed by atoms with van der Waals surface area (Å²) in [6, 6.07) is 5.06. The van der Waals surface area contributed by atoms with E-state index in [1.165, 1.54) is 6.20 Å². The second-order valence-corrected chi connectivity index (χ2v) is 7.43. The van der Waals surface area contributed by atoms with E-state index in [0.29, 0.717) is 11.1 Å². The first-order valence-electron chi connectivity index (χ1n) is 6.32. The van der Waals surface area contributed by atoms with Crippen molar-refractivity contribution in [2.45, 2.75) is 24.3 Å². The minimum absolute atomic E-state index is 0.0915. The van der Waals surface area contributed by atoms with Gasteiger partial charge in [0.1, 0.15) is 4.90 Å². The van der Waals surface area contributed by atoms with Crippen molar-refractivity contribution in [1.29, 1.82) is 0 Å². The predicted molar refractivity (Wildman–Crippen MR) is 85.5 cm³/mol. The number of fused-ring (bicyclic) bond motifs is 1. The molecule has 0 saturated heterocycles. The van der Waals surface area contributed by atoms with E-state index < -0.39 is 10.0 Å². The smallest absolute Gasteiger partial charge is 0.242 e. The number of nitrogens with two attached hydrogens (primary N) is 1. The number of hydrogen-bond acceptors (Lipinski definition) is 4. The second-order valence-electron chi connectivity index (χ2n) is 4.76. The van der Waals surface area contributed by atoms with Gasteiger partial charge >= 0.3 is 0 Å². The van der Waals surface area contributed by atoms with E-state index in [0.717, 1.165) is 17.7 Å². The third kappa shape index (κ3) is 3.28. The Hall–Kier alpha value is -1.18. The Kier molecular flexibility index (Phi) is 4.62. The number of thioether (sulfide) groups is 1. The average molecular weight is 313 g/mol. The number of aromatic nitrogens is 1. The van der Waals surface area contributed by atoms with Crippen molar-refractivity contribution < 1.29 is 8.42 Å². The SMILES string of the molecule is CSCCC(C)NS(=O)(=O)c1c[nH]c2cc(N)ccc12. The van der Waals surface area contributed by atoms with E-state index in [1.807, 2.05) is 13.2 Å². The first kappa shape index (κ1) is 15.2. The van der Waals surface area contributed by atoms with E-state index >= 15 is 0 Å². The van der Waals surface area contributed by atoms with Gasteiger partial charge in [0.05, 0.1) is 0 Å². The van der Waals surface area contributed by atoms with Gasteiger partial charge in [-0.3, -0.25) is 0 Å². The first-order valence-corrected chi connectivity index (χ1v) is 9.19. The molecule has 1 atom stereocenters. The molecule has 110 valence electrons. The monoisotopic (exact) mass is 313 g/mol. The normalized spacial score (nSPS) is 13.7. The summed E-state index contributed by atoms with van der Waals surface area (Å²) in [7, 11) is -3.52. The highest BCUT2D eigenvalue weighted by atomic mass is 32.2. The van der Waals surface area contributed by atoms with Crippen LogP contribution in [0.25, 0.3) is 10.9 Å². The molecule has 0 amide bonds. The van der Waals surface area contributed by atoms with Crippen LogP contribution in [0.2, 0.25) is 0 Å². The Morgan fingerprint density at radius 2 is 2.20 bits per heavy atom. The lowest BCUT2D eigenvalue weighted by atomic mass is 10.2. The molecule has 5 nitrogen and oxygen atoms in total. The number of aromatic amines is 1. The molecule has 1 heterocycles. The standard InChI is InChI=1S/C13H19N3O2S2/c1-9(5-6-19-2)16-20(17,18)13-8-15-12-7-10(14)3-4-11(12)13/h3-4,7-9,15-16H,5-6,14H2,1-2H3. The van der Waals surface area contributed by atoms with Gasteiger partial charge in [-0.2, -0.15) is 11.8 Å². The van der Waals surface area contributed by atoms with Crippen molar-refractivity contribution in [3.8, 4) is 0 Å². The number of H-pyrrole nitrogens is 1. The Balaban J connectivity index is 2.28. The molecule has 1 aromatic carbocycles. The van der Waals surface area contributed by atoms with Crippen molar-refractivity contribution >= 4 is 38.4 Å². The summed E-state index contributed by atoms with van der Waals surface area (Å²) >= 11 is 1.70. The summed E-state index contributed by atoms with van der Waals surface area (Å²) in [5, 5.41) is 0.656. The molecular weight excluding hydrogens is 294 g/mol. The maximum atomic E-state index is 12.4. The van der Waals surface area contributed by atoms with Crippen LogP contribution in [0.1, 0.15) is 13.3 Å². The fourth-order valence-corrected chi connectivity index (χ4v) is 4.07. The number of nitrogen functional groups attached to an aromatic ring is 1. The van der Waals surface area contributed by atoms with Gasteiger partial charge in [0.15, 0.2) is 0 Å². The lowest BCUT2D eigenvalue weighted by molar-refractivity contribution is 0.558. The second kappa shape index (κ2) is 6.07. The Morgan fingerprint density at radius 3 is 2.90 bits per heavy atom. The highest BCUT2D eigenvalue weighted by molar-refractivity contribution is 7.98. The molecular formula is C13H19N3O2S2. The van der Waals surface area contributed by atoms with Crippen molar-refractivity contribution in [3.63, 3.8) is 0 Å². The molecule has 7 heteroatoms. The number of rotatable bonds is 6. The van der Waals surface area contributed by atoms with E-state index in [-0.39, 0.29) is 10.9 Å². The largest absolute Gasteiger partial charge is 0.399 e. The Morgan fingerprint density at radius 1 is 1.45 bits per heavy atom. The Bertz CT molecular complexity index is 695. The van der Waals surface area contributed by atoms with Crippen LogP contribution in [0.3, 0.4) is 0 Å². The lowest BCUT2D eigenvalue weighted by Gasteiger charge is -2.13. The maximum Gasteiger partial charge on any atom is 0.242 e. The summed E-state index contributed by atoms with van der Waals surface area (Å²) in [6.07, 6.45) is 4.31. The molecule has 0 aliphatic rings. The summed E-state index contributed by atoms with van der Waals surface area (Å²) in [5.41, 5.74) is 7.02. The van der Waals surface area contributed by atoms with Crippen LogP contribution in [0, 0.1) is 0 Å². The molecule has 0 aliphatic carbocycles. The van der Waals surface area contributed by atoms with Gasteiger partial charge in [-0.25, -0.2) is 13.1 Å². The highest BCUT2D eigenvalue weighted by Gasteiger charge is 2.21. The van der Waals surface area contributed by atoms with Gasteiger partial charge in [0.25, 0.3) is 0 Å². The van der Waals surface area contributed by atoms with Gasteiger partial charge in [-0.15, -0.1) is 0 Å². The molecule has 2 aromatic rings.